The number of nitrogen functional groups attached to an aromatic ring is 1. The summed E-state index contributed by atoms with van der Waals surface area (Å²) in [6, 6.07) is 0. The molecule has 0 amide bonds. The van der Waals surface area contributed by atoms with E-state index in [9.17, 15) is 0 Å². The largest absolute Gasteiger partial charge is 0.383 e. The van der Waals surface area contributed by atoms with Gasteiger partial charge in [0, 0.05) is 22.1 Å². The molecule has 1 aliphatic carbocycles. The monoisotopic (exact) mass is 302 g/mol. The molecular weight excluding hydrogens is 280 g/mol. The van der Waals surface area contributed by atoms with Crippen LogP contribution < -0.4 is 5.73 Å². The summed E-state index contributed by atoms with van der Waals surface area (Å²) in [6.45, 7) is 6.51. The number of nitrogens with zero attached hydrogens (tertiary/aromatic N) is 3. The highest BCUT2D eigenvalue weighted by Gasteiger charge is 2.21. The molecule has 0 aliphatic heterocycles. The van der Waals surface area contributed by atoms with Crippen molar-refractivity contribution in [1.82, 2.24) is 15.0 Å². The summed E-state index contributed by atoms with van der Waals surface area (Å²) in [6.07, 6.45) is 5.63. The van der Waals surface area contributed by atoms with Crippen molar-refractivity contribution in [3.63, 3.8) is 0 Å². The maximum atomic E-state index is 6.17. The Morgan fingerprint density at radius 3 is 2.52 bits per heavy atom. The number of aryl methyl sites for hydroxylation is 1. The van der Waals surface area contributed by atoms with E-state index in [4.69, 9.17) is 15.7 Å². The minimum atomic E-state index is 0.0557. The lowest BCUT2D eigenvalue weighted by atomic mass is 9.98. The Hall–Kier alpha value is -1.49. The van der Waals surface area contributed by atoms with Crippen LogP contribution in [0.15, 0.2) is 5.38 Å². The van der Waals surface area contributed by atoms with Crippen LogP contribution in [0.3, 0.4) is 0 Å². The molecule has 0 radical (unpaired) electrons. The standard InChI is InChI=1S/C16H22N4S/c1-16(2,3)15-19-12(9-21-15)14-18-11-8-6-4-5-7-10(11)13(17)20-14/h9H,4-8H2,1-3H3,(H2,17,18,20). The molecule has 2 N–H and O–H groups in total. The summed E-state index contributed by atoms with van der Waals surface area (Å²) in [5.41, 5.74) is 9.35. The summed E-state index contributed by atoms with van der Waals surface area (Å²) in [4.78, 5) is 14.0. The van der Waals surface area contributed by atoms with E-state index in [0.717, 1.165) is 34.8 Å². The minimum absolute atomic E-state index is 0.0557. The first-order valence-electron chi connectivity index (χ1n) is 7.57. The molecule has 0 fully saturated rings. The van der Waals surface area contributed by atoms with Crippen LogP contribution in [0.5, 0.6) is 0 Å². The summed E-state index contributed by atoms with van der Waals surface area (Å²) in [5, 5.41) is 3.15. The number of hydrogen-bond donors (Lipinski definition) is 1. The second-order valence-electron chi connectivity index (χ2n) is 6.71. The van der Waals surface area contributed by atoms with Gasteiger partial charge >= 0.3 is 0 Å². The van der Waals surface area contributed by atoms with E-state index in [2.05, 4.69) is 25.8 Å². The molecule has 2 heterocycles. The average molecular weight is 302 g/mol. The lowest BCUT2D eigenvalue weighted by molar-refractivity contribution is 0.586. The molecule has 21 heavy (non-hydrogen) atoms. The van der Waals surface area contributed by atoms with E-state index in [1.165, 1.54) is 19.3 Å². The molecular formula is C16H22N4S. The van der Waals surface area contributed by atoms with Crippen LogP contribution in [-0.2, 0) is 18.3 Å². The maximum absolute atomic E-state index is 6.17. The molecule has 4 nitrogen and oxygen atoms in total. The lowest BCUT2D eigenvalue weighted by Crippen LogP contribution is -2.10. The Morgan fingerprint density at radius 2 is 1.81 bits per heavy atom. The Morgan fingerprint density at radius 1 is 1.05 bits per heavy atom. The third-order valence-corrected chi connectivity index (χ3v) is 5.11. The Bertz CT molecular complexity index is 655. The van der Waals surface area contributed by atoms with Gasteiger partial charge in [-0.1, -0.05) is 27.2 Å². The number of fused-ring (bicyclic) bond motifs is 1. The molecule has 0 bridgehead atoms. The van der Waals surface area contributed by atoms with E-state index in [0.29, 0.717) is 11.6 Å². The van der Waals surface area contributed by atoms with Crippen LogP contribution in [0.25, 0.3) is 11.5 Å². The third kappa shape index (κ3) is 2.93. The van der Waals surface area contributed by atoms with Gasteiger partial charge in [-0.15, -0.1) is 11.3 Å². The van der Waals surface area contributed by atoms with Gasteiger partial charge in [-0.05, 0) is 25.7 Å². The fraction of sp³-hybridized carbons (Fsp3) is 0.562. The predicted molar refractivity (Wildman–Crippen MR) is 87.5 cm³/mol. The van der Waals surface area contributed by atoms with E-state index >= 15 is 0 Å². The zero-order chi connectivity index (χ0) is 15.0. The highest BCUT2D eigenvalue weighted by molar-refractivity contribution is 7.10. The van der Waals surface area contributed by atoms with Gasteiger partial charge in [-0.25, -0.2) is 15.0 Å². The van der Waals surface area contributed by atoms with Crippen molar-refractivity contribution in [3.05, 3.63) is 21.6 Å². The lowest BCUT2D eigenvalue weighted by Gasteiger charge is -2.13. The molecule has 0 saturated heterocycles. The van der Waals surface area contributed by atoms with Crippen LogP contribution in [-0.4, -0.2) is 15.0 Å². The number of rotatable bonds is 1. The van der Waals surface area contributed by atoms with Crippen molar-refractivity contribution >= 4 is 17.2 Å². The van der Waals surface area contributed by atoms with Crippen LogP contribution in [0, 0.1) is 0 Å². The SMILES string of the molecule is CC(C)(C)c1nc(-c2nc(N)c3c(n2)CCCCC3)cs1. The molecule has 2 aromatic rings. The van der Waals surface area contributed by atoms with Gasteiger partial charge in [-0.3, -0.25) is 0 Å². The minimum Gasteiger partial charge on any atom is -0.383 e. The first-order chi connectivity index (χ1) is 9.95. The highest BCUT2D eigenvalue weighted by Crippen LogP contribution is 2.30. The van der Waals surface area contributed by atoms with Gasteiger partial charge < -0.3 is 5.73 Å². The van der Waals surface area contributed by atoms with Gasteiger partial charge in [0.25, 0.3) is 0 Å². The topological polar surface area (TPSA) is 64.7 Å². The summed E-state index contributed by atoms with van der Waals surface area (Å²) in [7, 11) is 0. The smallest absolute Gasteiger partial charge is 0.181 e. The third-order valence-electron chi connectivity index (χ3n) is 3.84. The van der Waals surface area contributed by atoms with Crippen LogP contribution in [0.2, 0.25) is 0 Å². The molecule has 0 saturated carbocycles. The van der Waals surface area contributed by atoms with Crippen molar-refractivity contribution in [3.8, 4) is 11.5 Å². The quantitative estimate of drug-likeness (QED) is 0.815. The zero-order valence-corrected chi connectivity index (χ0v) is 13.8. The molecule has 0 atom stereocenters. The van der Waals surface area contributed by atoms with Crippen LogP contribution in [0.1, 0.15) is 56.3 Å². The first kappa shape index (κ1) is 14.4. The van der Waals surface area contributed by atoms with Crippen LogP contribution in [0.4, 0.5) is 5.82 Å². The average Bonchev–Trinajstić information content (AvgIpc) is 2.79. The Kier molecular flexibility index (Phi) is 3.69. The molecule has 5 heteroatoms. The van der Waals surface area contributed by atoms with Crippen molar-refractivity contribution in [1.29, 1.82) is 0 Å². The fourth-order valence-corrected chi connectivity index (χ4v) is 3.52. The van der Waals surface area contributed by atoms with E-state index in [1.807, 2.05) is 5.38 Å². The highest BCUT2D eigenvalue weighted by atomic mass is 32.1. The molecule has 0 unspecified atom stereocenters. The van der Waals surface area contributed by atoms with Crippen LogP contribution >= 0.6 is 11.3 Å². The molecule has 2 aromatic heterocycles. The number of anilines is 1. The molecule has 3 rings (SSSR count). The first-order valence-corrected chi connectivity index (χ1v) is 8.45. The van der Waals surface area contributed by atoms with E-state index < -0.39 is 0 Å². The number of nitrogens with two attached hydrogens (primary N) is 1. The Labute approximate surface area is 129 Å². The van der Waals surface area contributed by atoms with Gasteiger partial charge in [0.15, 0.2) is 5.82 Å². The van der Waals surface area contributed by atoms with Gasteiger partial charge in [-0.2, -0.15) is 0 Å². The van der Waals surface area contributed by atoms with E-state index in [1.54, 1.807) is 11.3 Å². The molecule has 0 aromatic carbocycles. The fourth-order valence-electron chi connectivity index (χ4n) is 2.64. The van der Waals surface area contributed by atoms with Crippen molar-refractivity contribution < 1.29 is 0 Å². The second kappa shape index (κ2) is 5.37. The Balaban J connectivity index is 2.01. The van der Waals surface area contributed by atoms with Crippen molar-refractivity contribution in [2.24, 2.45) is 0 Å². The normalized spacial score (nSPS) is 15.6. The van der Waals surface area contributed by atoms with Gasteiger partial charge in [0.2, 0.25) is 0 Å². The molecule has 1 aliphatic rings. The summed E-state index contributed by atoms with van der Waals surface area (Å²) in [5.74, 6) is 1.32. The number of thiazole rings is 1. The molecule has 0 spiro atoms. The zero-order valence-electron chi connectivity index (χ0n) is 12.9. The second-order valence-corrected chi connectivity index (χ2v) is 7.56. The summed E-state index contributed by atoms with van der Waals surface area (Å²) >= 11 is 1.67. The number of aromatic nitrogens is 3. The maximum Gasteiger partial charge on any atom is 0.181 e. The predicted octanol–water partition coefficient (Wildman–Crippen LogP) is 3.75. The molecule has 112 valence electrons. The van der Waals surface area contributed by atoms with Crippen molar-refractivity contribution in [2.75, 3.05) is 5.73 Å². The summed E-state index contributed by atoms with van der Waals surface area (Å²) < 4.78 is 0. The van der Waals surface area contributed by atoms with E-state index in [-0.39, 0.29) is 5.41 Å². The van der Waals surface area contributed by atoms with Gasteiger partial charge in [0.1, 0.15) is 11.5 Å². The van der Waals surface area contributed by atoms with Gasteiger partial charge in [0.05, 0.1) is 5.01 Å². The number of hydrogen-bond acceptors (Lipinski definition) is 5. The van der Waals surface area contributed by atoms with Crippen molar-refractivity contribution in [2.45, 2.75) is 58.3 Å².